The van der Waals surface area contributed by atoms with Gasteiger partial charge in [-0.2, -0.15) is 4.31 Å². The quantitative estimate of drug-likeness (QED) is 0.763. The number of anilines is 1. The Morgan fingerprint density at radius 1 is 1.42 bits per heavy atom. The Morgan fingerprint density at radius 3 is 2.53 bits per heavy atom. The molecular weight excluding hydrogens is 266 g/mol. The summed E-state index contributed by atoms with van der Waals surface area (Å²) in [6.07, 6.45) is 0. The van der Waals surface area contributed by atoms with Crippen LogP contribution in [0.5, 0.6) is 0 Å². The minimum absolute atomic E-state index is 0.143. The molecule has 0 aliphatic heterocycles. The molecule has 0 unspecified atom stereocenters. The fraction of sp³-hybridized carbons (Fsp3) is 0.417. The standard InChI is InChI=1S/C12H19N3O3S/c1-4-15(8-12(16)14-3)19(17,18)10-5-6-11(13)9(2)7-10/h5-7H,4,8,13H2,1-3H3,(H,14,16). The molecule has 0 heterocycles. The molecule has 0 aromatic heterocycles. The van der Waals surface area contributed by atoms with Gasteiger partial charge in [0.15, 0.2) is 0 Å². The topological polar surface area (TPSA) is 92.5 Å². The normalized spacial score (nSPS) is 11.6. The Kier molecular flexibility index (Phi) is 4.90. The number of nitrogens with one attached hydrogen (secondary N) is 1. The number of benzene rings is 1. The minimum atomic E-state index is -3.68. The van der Waals surface area contributed by atoms with Crippen LogP contribution in [-0.4, -0.2) is 38.8 Å². The van der Waals surface area contributed by atoms with Crippen LogP contribution in [0.3, 0.4) is 0 Å². The maximum absolute atomic E-state index is 12.4. The maximum Gasteiger partial charge on any atom is 0.243 e. The zero-order chi connectivity index (χ0) is 14.6. The van der Waals surface area contributed by atoms with Gasteiger partial charge in [0.05, 0.1) is 11.4 Å². The Balaban J connectivity index is 3.13. The third kappa shape index (κ3) is 3.45. The van der Waals surface area contributed by atoms with E-state index in [0.29, 0.717) is 11.3 Å². The molecule has 0 aliphatic rings. The monoisotopic (exact) mass is 285 g/mol. The van der Waals surface area contributed by atoms with E-state index in [1.54, 1.807) is 19.9 Å². The smallest absolute Gasteiger partial charge is 0.243 e. The molecule has 19 heavy (non-hydrogen) atoms. The number of carbonyl (C=O) groups excluding carboxylic acids is 1. The molecule has 0 aliphatic carbocycles. The van der Waals surface area contributed by atoms with E-state index in [2.05, 4.69) is 5.32 Å². The van der Waals surface area contributed by atoms with Crippen molar-refractivity contribution in [2.45, 2.75) is 18.7 Å². The van der Waals surface area contributed by atoms with Gasteiger partial charge in [-0.05, 0) is 30.7 Å². The molecule has 7 heteroatoms. The molecule has 0 saturated carbocycles. The van der Waals surface area contributed by atoms with Gasteiger partial charge in [-0.25, -0.2) is 8.42 Å². The number of aryl methyl sites for hydroxylation is 1. The highest BCUT2D eigenvalue weighted by Gasteiger charge is 2.25. The van der Waals surface area contributed by atoms with E-state index in [9.17, 15) is 13.2 Å². The molecule has 6 nitrogen and oxygen atoms in total. The summed E-state index contributed by atoms with van der Waals surface area (Å²) in [5.74, 6) is -0.349. The van der Waals surface area contributed by atoms with Crippen LogP contribution >= 0.6 is 0 Å². The predicted molar refractivity (Wildman–Crippen MR) is 74.1 cm³/mol. The van der Waals surface area contributed by atoms with Crippen LogP contribution in [0.25, 0.3) is 0 Å². The second-order valence-corrected chi connectivity index (χ2v) is 6.06. The highest BCUT2D eigenvalue weighted by molar-refractivity contribution is 7.89. The highest BCUT2D eigenvalue weighted by atomic mass is 32.2. The summed E-state index contributed by atoms with van der Waals surface area (Å²) in [5.41, 5.74) is 6.90. The van der Waals surface area contributed by atoms with Crippen LogP contribution in [0.2, 0.25) is 0 Å². The number of hydrogen-bond donors (Lipinski definition) is 2. The van der Waals surface area contributed by atoms with Gasteiger partial charge in [-0.15, -0.1) is 0 Å². The third-order valence-electron chi connectivity index (χ3n) is 2.83. The van der Waals surface area contributed by atoms with E-state index in [1.165, 1.54) is 19.2 Å². The van der Waals surface area contributed by atoms with Crippen molar-refractivity contribution in [3.8, 4) is 0 Å². The molecule has 0 radical (unpaired) electrons. The molecule has 0 saturated heterocycles. The molecule has 0 spiro atoms. The molecule has 1 rings (SSSR count). The number of hydrogen-bond acceptors (Lipinski definition) is 4. The minimum Gasteiger partial charge on any atom is -0.399 e. The Bertz CT molecular complexity index is 570. The van der Waals surface area contributed by atoms with Crippen molar-refractivity contribution in [2.24, 2.45) is 0 Å². The molecule has 106 valence electrons. The van der Waals surface area contributed by atoms with Gasteiger partial charge in [-0.1, -0.05) is 6.92 Å². The molecule has 1 aromatic rings. The molecular formula is C12H19N3O3S. The van der Waals surface area contributed by atoms with Crippen molar-refractivity contribution in [1.82, 2.24) is 9.62 Å². The summed E-state index contributed by atoms with van der Waals surface area (Å²) in [7, 11) is -2.21. The van der Waals surface area contributed by atoms with Crippen LogP contribution in [0, 0.1) is 6.92 Å². The molecule has 0 atom stereocenters. The Hall–Kier alpha value is -1.60. The maximum atomic E-state index is 12.4. The van der Waals surface area contributed by atoms with Gasteiger partial charge in [0.1, 0.15) is 0 Å². The Morgan fingerprint density at radius 2 is 2.05 bits per heavy atom. The van der Waals surface area contributed by atoms with Crippen LogP contribution < -0.4 is 11.1 Å². The average Bonchev–Trinajstić information content (AvgIpc) is 2.38. The van der Waals surface area contributed by atoms with E-state index in [1.807, 2.05) is 0 Å². The first-order valence-corrected chi connectivity index (χ1v) is 7.33. The molecule has 3 N–H and O–H groups in total. The lowest BCUT2D eigenvalue weighted by Crippen LogP contribution is -2.39. The van der Waals surface area contributed by atoms with Crippen LogP contribution in [-0.2, 0) is 14.8 Å². The van der Waals surface area contributed by atoms with Crippen molar-refractivity contribution in [3.05, 3.63) is 23.8 Å². The number of amides is 1. The molecule has 1 amide bonds. The number of nitrogen functional groups attached to an aromatic ring is 1. The average molecular weight is 285 g/mol. The largest absolute Gasteiger partial charge is 0.399 e. The first kappa shape index (κ1) is 15.5. The van der Waals surface area contributed by atoms with Gasteiger partial charge in [0.2, 0.25) is 15.9 Å². The lowest BCUT2D eigenvalue weighted by atomic mass is 10.2. The van der Waals surface area contributed by atoms with Gasteiger partial charge in [-0.3, -0.25) is 4.79 Å². The van der Waals surface area contributed by atoms with Crippen LogP contribution in [0.1, 0.15) is 12.5 Å². The van der Waals surface area contributed by atoms with E-state index in [0.717, 1.165) is 4.31 Å². The molecule has 1 aromatic carbocycles. The zero-order valence-corrected chi connectivity index (χ0v) is 12.1. The second-order valence-electron chi connectivity index (χ2n) is 4.12. The third-order valence-corrected chi connectivity index (χ3v) is 4.75. The van der Waals surface area contributed by atoms with E-state index in [4.69, 9.17) is 5.73 Å². The van der Waals surface area contributed by atoms with Crippen LogP contribution in [0.4, 0.5) is 5.69 Å². The second kappa shape index (κ2) is 6.03. The van der Waals surface area contributed by atoms with Gasteiger partial charge in [0.25, 0.3) is 0 Å². The number of likely N-dealkylation sites (N-methyl/N-ethyl adjacent to an activating group) is 2. The van der Waals surface area contributed by atoms with Crippen molar-refractivity contribution < 1.29 is 13.2 Å². The van der Waals surface area contributed by atoms with E-state index in [-0.39, 0.29) is 23.9 Å². The fourth-order valence-electron chi connectivity index (χ4n) is 1.56. The van der Waals surface area contributed by atoms with E-state index < -0.39 is 10.0 Å². The van der Waals surface area contributed by atoms with Crippen molar-refractivity contribution in [1.29, 1.82) is 0 Å². The summed E-state index contributed by atoms with van der Waals surface area (Å²) in [6.45, 7) is 3.45. The summed E-state index contributed by atoms with van der Waals surface area (Å²) in [4.78, 5) is 11.5. The summed E-state index contributed by atoms with van der Waals surface area (Å²) >= 11 is 0. The number of carbonyl (C=O) groups is 1. The first-order chi connectivity index (χ1) is 8.82. The number of sulfonamides is 1. The zero-order valence-electron chi connectivity index (χ0n) is 11.3. The predicted octanol–water partition coefficient (Wildman–Crippen LogP) is 0.334. The number of nitrogens with zero attached hydrogens (tertiary/aromatic N) is 1. The SMILES string of the molecule is CCN(CC(=O)NC)S(=O)(=O)c1ccc(N)c(C)c1. The van der Waals surface area contributed by atoms with E-state index >= 15 is 0 Å². The fourth-order valence-corrected chi connectivity index (χ4v) is 3.05. The summed E-state index contributed by atoms with van der Waals surface area (Å²) in [5, 5.41) is 2.41. The van der Waals surface area contributed by atoms with Gasteiger partial charge in [0, 0.05) is 19.3 Å². The summed E-state index contributed by atoms with van der Waals surface area (Å²) < 4.78 is 25.9. The number of rotatable bonds is 5. The van der Waals surface area contributed by atoms with Gasteiger partial charge >= 0.3 is 0 Å². The Labute approximate surface area is 113 Å². The summed E-state index contributed by atoms with van der Waals surface area (Å²) in [6, 6.07) is 4.51. The van der Waals surface area contributed by atoms with Crippen molar-refractivity contribution in [2.75, 3.05) is 25.9 Å². The number of nitrogens with two attached hydrogens (primary N) is 1. The van der Waals surface area contributed by atoms with Crippen molar-refractivity contribution >= 4 is 21.6 Å². The lowest BCUT2D eigenvalue weighted by molar-refractivity contribution is -0.120. The van der Waals surface area contributed by atoms with Crippen LogP contribution in [0.15, 0.2) is 23.1 Å². The lowest BCUT2D eigenvalue weighted by Gasteiger charge is -2.20. The molecule has 0 fully saturated rings. The van der Waals surface area contributed by atoms with Crippen molar-refractivity contribution in [3.63, 3.8) is 0 Å². The molecule has 0 bridgehead atoms. The highest BCUT2D eigenvalue weighted by Crippen LogP contribution is 2.20. The van der Waals surface area contributed by atoms with Gasteiger partial charge < -0.3 is 11.1 Å². The first-order valence-electron chi connectivity index (χ1n) is 5.89.